The minimum absolute atomic E-state index is 0.994. The largest absolute Gasteiger partial charge is 0.256 e. The van der Waals surface area contributed by atoms with Crippen molar-refractivity contribution in [2.75, 3.05) is 0 Å². The number of hydrogen-bond acceptors (Lipinski definition) is 1. The Labute approximate surface area is 120 Å². The normalized spacial score (nSPS) is 11.2. The molecule has 0 saturated carbocycles. The highest BCUT2D eigenvalue weighted by Gasteiger charge is 1.98. The molecule has 92 valence electrons. The van der Waals surface area contributed by atoms with Gasteiger partial charge in [-0.05, 0) is 17.5 Å². The number of hydrogen-bond donors (Lipinski definition) is 0. The van der Waals surface area contributed by atoms with Gasteiger partial charge in [0.05, 0.1) is 5.69 Å². The Balaban J connectivity index is 2.04. The van der Waals surface area contributed by atoms with Gasteiger partial charge in [0.2, 0.25) is 0 Å². The minimum Gasteiger partial charge on any atom is -0.256 e. The van der Waals surface area contributed by atoms with E-state index in [-0.39, 0.29) is 0 Å². The van der Waals surface area contributed by atoms with Gasteiger partial charge in [0.1, 0.15) is 0 Å². The standard InChI is InChI=1S/C17H12BrN/c18-16-10-4-2-7-14(16)12-19-17-11-5-8-13-6-1-3-9-15(13)17/h1-12H. The maximum Gasteiger partial charge on any atom is 0.0708 e. The zero-order valence-electron chi connectivity index (χ0n) is 10.3. The molecule has 0 heterocycles. The van der Waals surface area contributed by atoms with Gasteiger partial charge in [0, 0.05) is 21.6 Å². The van der Waals surface area contributed by atoms with Crippen LogP contribution in [0.2, 0.25) is 0 Å². The summed E-state index contributed by atoms with van der Waals surface area (Å²) >= 11 is 3.53. The van der Waals surface area contributed by atoms with Crippen LogP contribution in [0.1, 0.15) is 5.56 Å². The Morgan fingerprint density at radius 2 is 1.53 bits per heavy atom. The number of nitrogens with zero attached hydrogens (tertiary/aromatic N) is 1. The van der Waals surface area contributed by atoms with E-state index in [0.29, 0.717) is 0 Å². The van der Waals surface area contributed by atoms with Crippen molar-refractivity contribution < 1.29 is 0 Å². The molecule has 0 aliphatic rings. The van der Waals surface area contributed by atoms with E-state index in [1.165, 1.54) is 10.8 Å². The molecule has 0 aromatic heterocycles. The molecule has 3 rings (SSSR count). The van der Waals surface area contributed by atoms with Crippen LogP contribution in [0, 0.1) is 0 Å². The van der Waals surface area contributed by atoms with Crippen LogP contribution in [-0.2, 0) is 0 Å². The van der Waals surface area contributed by atoms with Crippen LogP contribution >= 0.6 is 15.9 Å². The first-order valence-electron chi connectivity index (χ1n) is 6.11. The molecule has 1 nitrogen and oxygen atoms in total. The molecule has 0 saturated heterocycles. The molecule has 0 bridgehead atoms. The van der Waals surface area contributed by atoms with Crippen molar-refractivity contribution in [3.8, 4) is 0 Å². The Kier molecular flexibility index (Phi) is 3.43. The number of rotatable bonds is 2. The first kappa shape index (κ1) is 12.1. The zero-order chi connectivity index (χ0) is 13.1. The molecule has 3 aromatic carbocycles. The molecule has 0 spiro atoms. The van der Waals surface area contributed by atoms with Gasteiger partial charge in [-0.2, -0.15) is 0 Å². The summed E-state index contributed by atoms with van der Waals surface area (Å²) in [5.74, 6) is 0. The smallest absolute Gasteiger partial charge is 0.0708 e. The first-order chi connectivity index (χ1) is 9.34. The summed E-state index contributed by atoms with van der Waals surface area (Å²) in [5.41, 5.74) is 2.07. The predicted molar refractivity (Wildman–Crippen MR) is 85.3 cm³/mol. The average Bonchev–Trinajstić information content (AvgIpc) is 2.46. The van der Waals surface area contributed by atoms with Crippen molar-refractivity contribution in [2.45, 2.75) is 0 Å². The number of aliphatic imine (C=N–C) groups is 1. The summed E-state index contributed by atoms with van der Waals surface area (Å²) in [6, 6.07) is 22.5. The van der Waals surface area contributed by atoms with Crippen LogP contribution in [0.15, 0.2) is 76.2 Å². The maximum absolute atomic E-state index is 4.61. The van der Waals surface area contributed by atoms with Gasteiger partial charge in [-0.3, -0.25) is 4.99 Å². The summed E-state index contributed by atoms with van der Waals surface area (Å²) in [6.07, 6.45) is 1.89. The molecule has 3 aromatic rings. The van der Waals surface area contributed by atoms with E-state index in [2.05, 4.69) is 39.1 Å². The minimum atomic E-state index is 0.994. The van der Waals surface area contributed by atoms with E-state index in [9.17, 15) is 0 Å². The topological polar surface area (TPSA) is 12.4 Å². The van der Waals surface area contributed by atoms with E-state index >= 15 is 0 Å². The lowest BCUT2D eigenvalue weighted by atomic mass is 10.1. The first-order valence-corrected chi connectivity index (χ1v) is 6.90. The summed E-state index contributed by atoms with van der Waals surface area (Å²) in [5, 5.41) is 2.39. The summed E-state index contributed by atoms with van der Waals surface area (Å²) in [7, 11) is 0. The van der Waals surface area contributed by atoms with Gasteiger partial charge in [-0.15, -0.1) is 0 Å². The third-order valence-corrected chi connectivity index (χ3v) is 3.74. The third-order valence-electron chi connectivity index (χ3n) is 3.01. The maximum atomic E-state index is 4.61. The SMILES string of the molecule is Brc1ccccc1C=Nc1cccc2ccccc12. The van der Waals surface area contributed by atoms with Gasteiger partial charge in [0.25, 0.3) is 0 Å². The van der Waals surface area contributed by atoms with E-state index in [1.54, 1.807) is 0 Å². The fourth-order valence-electron chi connectivity index (χ4n) is 2.04. The Bertz CT molecular complexity index is 742. The fraction of sp³-hybridized carbons (Fsp3) is 0. The summed E-state index contributed by atoms with van der Waals surface area (Å²) < 4.78 is 1.05. The second-order valence-electron chi connectivity index (χ2n) is 4.28. The van der Waals surface area contributed by atoms with Crippen LogP contribution in [0.3, 0.4) is 0 Å². The lowest BCUT2D eigenvalue weighted by Gasteiger charge is -2.01. The van der Waals surface area contributed by atoms with Crippen molar-refractivity contribution >= 4 is 38.6 Å². The van der Waals surface area contributed by atoms with Crippen LogP contribution in [0.5, 0.6) is 0 Å². The van der Waals surface area contributed by atoms with Crippen molar-refractivity contribution in [1.29, 1.82) is 0 Å². The van der Waals surface area contributed by atoms with Crippen molar-refractivity contribution in [2.24, 2.45) is 4.99 Å². The van der Waals surface area contributed by atoms with Gasteiger partial charge >= 0.3 is 0 Å². The Morgan fingerprint density at radius 3 is 2.42 bits per heavy atom. The van der Waals surface area contributed by atoms with Crippen LogP contribution in [0.25, 0.3) is 10.8 Å². The molecule has 0 unspecified atom stereocenters. The molecule has 2 heteroatoms. The monoisotopic (exact) mass is 309 g/mol. The quantitative estimate of drug-likeness (QED) is 0.566. The number of fused-ring (bicyclic) bond motifs is 1. The number of benzene rings is 3. The average molecular weight is 310 g/mol. The molecular weight excluding hydrogens is 298 g/mol. The highest BCUT2D eigenvalue weighted by atomic mass is 79.9. The van der Waals surface area contributed by atoms with E-state index in [1.807, 2.05) is 54.7 Å². The zero-order valence-corrected chi connectivity index (χ0v) is 11.8. The molecule has 19 heavy (non-hydrogen) atoms. The Morgan fingerprint density at radius 1 is 0.789 bits per heavy atom. The number of halogens is 1. The fourth-order valence-corrected chi connectivity index (χ4v) is 2.43. The van der Waals surface area contributed by atoms with E-state index < -0.39 is 0 Å². The molecule has 0 aliphatic heterocycles. The molecular formula is C17H12BrN. The van der Waals surface area contributed by atoms with Gasteiger partial charge < -0.3 is 0 Å². The van der Waals surface area contributed by atoms with Crippen molar-refractivity contribution in [3.05, 3.63) is 76.8 Å². The second kappa shape index (κ2) is 5.37. The molecule has 0 N–H and O–H groups in total. The molecule has 0 fully saturated rings. The highest BCUT2D eigenvalue weighted by molar-refractivity contribution is 9.10. The predicted octanol–water partition coefficient (Wildman–Crippen LogP) is 5.35. The molecule has 0 aliphatic carbocycles. The molecule has 0 radical (unpaired) electrons. The van der Waals surface area contributed by atoms with Crippen molar-refractivity contribution in [3.63, 3.8) is 0 Å². The van der Waals surface area contributed by atoms with E-state index in [4.69, 9.17) is 0 Å². The van der Waals surface area contributed by atoms with Gasteiger partial charge in [-0.1, -0.05) is 70.5 Å². The second-order valence-corrected chi connectivity index (χ2v) is 5.13. The van der Waals surface area contributed by atoms with Crippen LogP contribution < -0.4 is 0 Å². The molecule has 0 atom stereocenters. The van der Waals surface area contributed by atoms with Gasteiger partial charge in [0.15, 0.2) is 0 Å². The lowest BCUT2D eigenvalue weighted by Crippen LogP contribution is -1.82. The van der Waals surface area contributed by atoms with Crippen molar-refractivity contribution in [1.82, 2.24) is 0 Å². The molecule has 0 amide bonds. The van der Waals surface area contributed by atoms with Crippen LogP contribution in [0.4, 0.5) is 5.69 Å². The summed E-state index contributed by atoms with van der Waals surface area (Å²) in [4.78, 5) is 4.61. The lowest BCUT2D eigenvalue weighted by molar-refractivity contribution is 1.54. The van der Waals surface area contributed by atoms with Gasteiger partial charge in [-0.25, -0.2) is 0 Å². The Hall–Kier alpha value is -1.93. The third kappa shape index (κ3) is 2.59. The highest BCUT2D eigenvalue weighted by Crippen LogP contribution is 2.25. The van der Waals surface area contributed by atoms with E-state index in [0.717, 1.165) is 15.7 Å². The summed E-state index contributed by atoms with van der Waals surface area (Å²) in [6.45, 7) is 0. The van der Waals surface area contributed by atoms with Crippen LogP contribution in [-0.4, -0.2) is 6.21 Å².